The summed E-state index contributed by atoms with van der Waals surface area (Å²) in [4.78, 5) is 0.251. The summed E-state index contributed by atoms with van der Waals surface area (Å²) in [5.41, 5.74) is 1.35. The Morgan fingerprint density at radius 2 is 1.53 bits per heavy atom. The largest absolute Gasteiger partial charge is 0.488 e. The summed E-state index contributed by atoms with van der Waals surface area (Å²) in [6.45, 7) is 7.71. The first-order valence-corrected chi connectivity index (χ1v) is 7.67. The van der Waals surface area contributed by atoms with Crippen LogP contribution in [-0.2, 0) is 10.0 Å². The molecule has 1 aromatic carbocycles. The summed E-state index contributed by atoms with van der Waals surface area (Å²) in [5, 5.41) is 18.3. The van der Waals surface area contributed by atoms with E-state index in [1.54, 1.807) is 27.7 Å². The van der Waals surface area contributed by atoms with Gasteiger partial charge in [-0.05, 0) is 30.4 Å². The van der Waals surface area contributed by atoms with Crippen LogP contribution in [0.15, 0.2) is 17.0 Å². The minimum Gasteiger partial charge on any atom is -0.423 e. The lowest BCUT2D eigenvalue weighted by Gasteiger charge is -2.21. The van der Waals surface area contributed by atoms with Gasteiger partial charge in [0.1, 0.15) is 0 Å². The van der Waals surface area contributed by atoms with Crippen molar-refractivity contribution in [2.24, 2.45) is 0 Å². The lowest BCUT2D eigenvalue weighted by Crippen LogP contribution is -2.34. The fraction of sp³-hybridized carbons (Fsp3) is 0.500. The monoisotopic (exact) mass is 285 g/mol. The molecule has 0 fully saturated rings. The molecule has 106 valence electrons. The zero-order valence-corrected chi connectivity index (χ0v) is 12.5. The Morgan fingerprint density at radius 3 is 1.84 bits per heavy atom. The minimum absolute atomic E-state index is 0.251. The van der Waals surface area contributed by atoms with E-state index in [1.165, 1.54) is 16.4 Å². The maximum Gasteiger partial charge on any atom is 0.488 e. The second-order valence-electron chi connectivity index (χ2n) is 4.45. The smallest absolute Gasteiger partial charge is 0.423 e. The van der Waals surface area contributed by atoms with E-state index in [0.717, 1.165) is 0 Å². The van der Waals surface area contributed by atoms with Crippen LogP contribution >= 0.6 is 0 Å². The van der Waals surface area contributed by atoms with E-state index in [2.05, 4.69) is 0 Å². The van der Waals surface area contributed by atoms with Crippen LogP contribution in [0.5, 0.6) is 0 Å². The zero-order valence-electron chi connectivity index (χ0n) is 11.7. The van der Waals surface area contributed by atoms with Crippen LogP contribution in [0.1, 0.15) is 25.0 Å². The Bertz CT molecular complexity index is 530. The quantitative estimate of drug-likeness (QED) is 0.747. The van der Waals surface area contributed by atoms with Gasteiger partial charge in [-0.2, -0.15) is 4.31 Å². The summed E-state index contributed by atoms with van der Waals surface area (Å²) < 4.78 is 26.4. The average Bonchev–Trinajstić information content (AvgIpc) is 2.28. The van der Waals surface area contributed by atoms with Crippen molar-refractivity contribution >= 4 is 22.6 Å². The zero-order chi connectivity index (χ0) is 14.8. The van der Waals surface area contributed by atoms with Crippen molar-refractivity contribution in [1.29, 1.82) is 0 Å². The third-order valence-corrected chi connectivity index (χ3v) is 5.44. The average molecular weight is 285 g/mol. The van der Waals surface area contributed by atoms with E-state index in [4.69, 9.17) is 10.0 Å². The van der Waals surface area contributed by atoms with Gasteiger partial charge < -0.3 is 10.0 Å². The molecule has 0 saturated heterocycles. The van der Waals surface area contributed by atoms with E-state index in [9.17, 15) is 8.42 Å². The molecule has 0 aliphatic heterocycles. The SMILES string of the molecule is CCN(CC)S(=O)(=O)c1c(C)cc(B(O)O)cc1C. The summed E-state index contributed by atoms with van der Waals surface area (Å²) in [6.07, 6.45) is 0. The molecule has 0 aliphatic carbocycles. The van der Waals surface area contributed by atoms with Gasteiger partial charge >= 0.3 is 7.12 Å². The van der Waals surface area contributed by atoms with E-state index >= 15 is 0 Å². The van der Waals surface area contributed by atoms with E-state index in [-0.39, 0.29) is 4.90 Å². The third-order valence-electron chi connectivity index (χ3n) is 3.08. The number of hydrogen-bond acceptors (Lipinski definition) is 4. The van der Waals surface area contributed by atoms with Crippen LogP contribution in [-0.4, -0.2) is 43.0 Å². The first kappa shape index (κ1) is 16.2. The van der Waals surface area contributed by atoms with Crippen LogP contribution in [0.4, 0.5) is 0 Å². The summed E-state index contributed by atoms with van der Waals surface area (Å²) >= 11 is 0. The number of sulfonamides is 1. The minimum atomic E-state index is -3.53. The molecule has 2 N–H and O–H groups in total. The third kappa shape index (κ3) is 3.17. The predicted molar refractivity (Wildman–Crippen MR) is 75.8 cm³/mol. The molecule has 1 rings (SSSR count). The van der Waals surface area contributed by atoms with Crippen molar-refractivity contribution in [2.45, 2.75) is 32.6 Å². The van der Waals surface area contributed by atoms with Gasteiger partial charge in [0.05, 0.1) is 4.90 Å². The first-order chi connectivity index (χ1) is 8.75. The number of aryl methyl sites for hydroxylation is 2. The molecule has 0 saturated carbocycles. The Hall–Kier alpha value is -0.885. The molecule has 0 unspecified atom stereocenters. The number of nitrogens with zero attached hydrogens (tertiary/aromatic N) is 1. The van der Waals surface area contributed by atoms with E-state index < -0.39 is 17.1 Å². The Kier molecular flexibility index (Phi) is 5.14. The van der Waals surface area contributed by atoms with Gasteiger partial charge in [0, 0.05) is 13.1 Å². The van der Waals surface area contributed by atoms with Crippen LogP contribution in [0, 0.1) is 13.8 Å². The van der Waals surface area contributed by atoms with Gasteiger partial charge in [-0.1, -0.05) is 26.0 Å². The number of rotatable bonds is 5. The lowest BCUT2D eigenvalue weighted by molar-refractivity contribution is 0.425. The predicted octanol–water partition coefficient (Wildman–Crippen LogP) is 0.0137. The van der Waals surface area contributed by atoms with Crippen molar-refractivity contribution in [2.75, 3.05) is 13.1 Å². The molecule has 0 aromatic heterocycles. The normalized spacial score (nSPS) is 11.9. The van der Waals surface area contributed by atoms with Gasteiger partial charge in [-0.25, -0.2) is 8.42 Å². The maximum atomic E-state index is 12.5. The van der Waals surface area contributed by atoms with Crippen LogP contribution in [0.2, 0.25) is 0 Å². The Morgan fingerprint density at radius 1 is 1.11 bits per heavy atom. The molecule has 0 bridgehead atoms. The molecule has 0 spiro atoms. The highest BCUT2D eigenvalue weighted by Crippen LogP contribution is 2.22. The molecule has 0 atom stereocenters. The molecule has 1 aromatic rings. The summed E-state index contributed by atoms with van der Waals surface area (Å²) in [5.74, 6) is 0. The fourth-order valence-electron chi connectivity index (χ4n) is 2.23. The van der Waals surface area contributed by atoms with E-state index in [1.807, 2.05) is 0 Å². The van der Waals surface area contributed by atoms with Gasteiger partial charge in [0.25, 0.3) is 0 Å². The molecular weight excluding hydrogens is 265 g/mol. The number of hydrogen-bond donors (Lipinski definition) is 2. The van der Waals surface area contributed by atoms with Crippen molar-refractivity contribution in [3.05, 3.63) is 23.3 Å². The fourth-order valence-corrected chi connectivity index (χ4v) is 4.10. The lowest BCUT2D eigenvalue weighted by atomic mass is 9.79. The van der Waals surface area contributed by atoms with Crippen molar-refractivity contribution in [1.82, 2.24) is 4.31 Å². The molecule has 5 nitrogen and oxygen atoms in total. The highest BCUT2D eigenvalue weighted by atomic mass is 32.2. The van der Waals surface area contributed by atoms with Crippen LogP contribution in [0.3, 0.4) is 0 Å². The second kappa shape index (κ2) is 6.05. The Balaban J connectivity index is 3.44. The van der Waals surface area contributed by atoms with Crippen molar-refractivity contribution in [3.8, 4) is 0 Å². The van der Waals surface area contributed by atoms with Crippen LogP contribution in [0.25, 0.3) is 0 Å². The second-order valence-corrected chi connectivity index (χ2v) is 6.32. The molecule has 7 heteroatoms. The molecule has 0 radical (unpaired) electrons. The topological polar surface area (TPSA) is 77.8 Å². The standard InChI is InChI=1S/C12H20BNO4S/c1-5-14(6-2)19(17,18)12-9(3)7-11(13(15)16)8-10(12)4/h7-8,15-16H,5-6H2,1-4H3. The highest BCUT2D eigenvalue weighted by Gasteiger charge is 2.26. The van der Waals surface area contributed by atoms with Crippen LogP contribution < -0.4 is 5.46 Å². The molecular formula is C12H20BNO4S. The first-order valence-electron chi connectivity index (χ1n) is 6.23. The van der Waals surface area contributed by atoms with Gasteiger partial charge in [0.15, 0.2) is 0 Å². The molecule has 0 aliphatic rings. The maximum absolute atomic E-state index is 12.5. The molecule has 0 amide bonds. The molecule has 19 heavy (non-hydrogen) atoms. The van der Waals surface area contributed by atoms with Gasteiger partial charge in [0.2, 0.25) is 10.0 Å². The summed E-state index contributed by atoms with van der Waals surface area (Å²) in [6, 6.07) is 2.99. The Labute approximate surface area is 115 Å². The van der Waals surface area contributed by atoms with Crippen molar-refractivity contribution < 1.29 is 18.5 Å². The number of benzene rings is 1. The van der Waals surface area contributed by atoms with Crippen molar-refractivity contribution in [3.63, 3.8) is 0 Å². The highest BCUT2D eigenvalue weighted by molar-refractivity contribution is 7.89. The van der Waals surface area contributed by atoms with Gasteiger partial charge in [-0.3, -0.25) is 0 Å². The van der Waals surface area contributed by atoms with E-state index in [0.29, 0.717) is 29.7 Å². The summed E-state index contributed by atoms with van der Waals surface area (Å²) in [7, 11) is -5.13. The van der Waals surface area contributed by atoms with Gasteiger partial charge in [-0.15, -0.1) is 0 Å². The molecule has 0 heterocycles.